The molecule has 9 heteroatoms. The van der Waals surface area contributed by atoms with Crippen LogP contribution in [0.4, 0.5) is 17.6 Å². The molecular weight excluding hydrogens is 394 g/mol. The quantitative estimate of drug-likeness (QED) is 0.189. The summed E-state index contributed by atoms with van der Waals surface area (Å²) >= 11 is 0.739. The Bertz CT molecular complexity index is 971. The Hall–Kier alpha value is -2.78. The molecule has 0 fully saturated rings. The first-order valence-electron chi connectivity index (χ1n) is 8.02. The van der Waals surface area contributed by atoms with E-state index in [9.17, 15) is 22.4 Å². The third-order valence-corrected chi connectivity index (χ3v) is 4.75. The summed E-state index contributed by atoms with van der Waals surface area (Å²) in [5, 5.41) is 0. The molecule has 0 saturated heterocycles. The molecule has 0 amide bonds. The second kappa shape index (κ2) is 8.94. The summed E-state index contributed by atoms with van der Waals surface area (Å²) in [5.41, 5.74) is 1.95. The van der Waals surface area contributed by atoms with Crippen LogP contribution in [0.1, 0.15) is 21.5 Å². The van der Waals surface area contributed by atoms with Crippen LogP contribution in [0.5, 0.6) is 0 Å². The number of halogens is 4. The van der Waals surface area contributed by atoms with Crippen molar-refractivity contribution in [1.29, 1.82) is 0 Å². The van der Waals surface area contributed by atoms with Gasteiger partial charge in [0, 0.05) is 36.6 Å². The first-order valence-corrected chi connectivity index (χ1v) is 8.79. The molecule has 1 heterocycles. The summed E-state index contributed by atoms with van der Waals surface area (Å²) in [6.45, 7) is 0.472. The number of nitrogens with zero attached hydrogens (tertiary/aromatic N) is 3. The molecule has 2 aromatic carbocycles. The van der Waals surface area contributed by atoms with E-state index in [2.05, 4.69) is 9.97 Å². The molecule has 1 aromatic heterocycles. The molecule has 4 nitrogen and oxygen atoms in total. The molecule has 144 valence electrons. The maximum atomic E-state index is 14.1. The molecule has 0 N–H and O–H groups in total. The van der Waals surface area contributed by atoms with E-state index in [1.165, 1.54) is 6.33 Å². The maximum absolute atomic E-state index is 14.1. The lowest BCUT2D eigenvalue weighted by Crippen LogP contribution is -2.16. The van der Waals surface area contributed by atoms with Crippen LogP contribution in [0.15, 0.2) is 53.9 Å². The number of hydrogen-bond acceptors (Lipinski definition) is 5. The van der Waals surface area contributed by atoms with Gasteiger partial charge < -0.3 is 0 Å². The minimum absolute atomic E-state index is 0.223. The Morgan fingerprint density at radius 2 is 1.54 bits per heavy atom. The van der Waals surface area contributed by atoms with Crippen molar-refractivity contribution in [3.63, 3.8) is 0 Å². The largest absolute Gasteiger partial charge is 0.298 e. The average molecular weight is 407 g/mol. The van der Waals surface area contributed by atoms with Gasteiger partial charge in [-0.1, -0.05) is 24.3 Å². The molecule has 3 aromatic rings. The minimum Gasteiger partial charge on any atom is -0.298 e. The van der Waals surface area contributed by atoms with Crippen LogP contribution in [0.3, 0.4) is 0 Å². The molecule has 28 heavy (non-hydrogen) atoms. The second-order valence-corrected chi connectivity index (χ2v) is 6.93. The van der Waals surface area contributed by atoms with Gasteiger partial charge in [-0.15, -0.1) is 0 Å². The van der Waals surface area contributed by atoms with E-state index in [4.69, 9.17) is 0 Å². The van der Waals surface area contributed by atoms with Crippen LogP contribution in [0, 0.1) is 23.3 Å². The van der Waals surface area contributed by atoms with Crippen molar-refractivity contribution in [2.24, 2.45) is 0 Å². The molecule has 0 aliphatic heterocycles. The van der Waals surface area contributed by atoms with Crippen molar-refractivity contribution in [2.75, 3.05) is 0 Å². The molecule has 0 atom stereocenters. The van der Waals surface area contributed by atoms with E-state index in [1.54, 1.807) is 41.0 Å². The fourth-order valence-electron chi connectivity index (χ4n) is 2.40. The van der Waals surface area contributed by atoms with Gasteiger partial charge in [0.25, 0.3) is 0 Å². The van der Waals surface area contributed by atoms with Crippen molar-refractivity contribution >= 4 is 18.2 Å². The predicted molar refractivity (Wildman–Crippen MR) is 95.2 cm³/mol. The summed E-state index contributed by atoms with van der Waals surface area (Å²) in [4.78, 5) is 18.2. The highest BCUT2D eigenvalue weighted by Gasteiger charge is 2.21. The van der Waals surface area contributed by atoms with Crippen molar-refractivity contribution in [3.05, 3.63) is 89.0 Å². The Labute approximate surface area is 162 Å². The smallest absolute Gasteiger partial charge is 0.198 e. The lowest BCUT2D eigenvalue weighted by Gasteiger charge is -2.21. The number of aromatic nitrogens is 2. The SMILES string of the molecule is O=Cc1ccc(CN(Cc2cncnc2)Sc2cc(F)c(F)c(F)c2F)cc1. The Morgan fingerprint density at radius 1 is 0.893 bits per heavy atom. The van der Waals surface area contributed by atoms with Crippen LogP contribution in [0.2, 0.25) is 0 Å². The van der Waals surface area contributed by atoms with Gasteiger partial charge in [-0.3, -0.25) is 4.79 Å². The molecule has 0 saturated carbocycles. The fraction of sp³-hybridized carbons (Fsp3) is 0.105. The highest BCUT2D eigenvalue weighted by Crippen LogP contribution is 2.31. The Morgan fingerprint density at radius 3 is 2.18 bits per heavy atom. The number of aldehydes is 1. The number of carbonyl (C=O) groups excluding carboxylic acids is 1. The fourth-order valence-corrected chi connectivity index (χ4v) is 3.43. The van der Waals surface area contributed by atoms with Crippen molar-refractivity contribution in [1.82, 2.24) is 14.3 Å². The first-order chi connectivity index (χ1) is 13.5. The van der Waals surface area contributed by atoms with E-state index < -0.39 is 28.2 Å². The summed E-state index contributed by atoms with van der Waals surface area (Å²) in [6, 6.07) is 7.27. The summed E-state index contributed by atoms with van der Waals surface area (Å²) in [7, 11) is 0. The summed E-state index contributed by atoms with van der Waals surface area (Å²) in [6.07, 6.45) is 5.16. The zero-order valence-electron chi connectivity index (χ0n) is 14.3. The van der Waals surface area contributed by atoms with Gasteiger partial charge in [-0.05, 0) is 23.6 Å². The average Bonchev–Trinajstić information content (AvgIpc) is 2.71. The summed E-state index contributed by atoms with van der Waals surface area (Å²) < 4.78 is 56.0. The van der Waals surface area contributed by atoms with Gasteiger partial charge in [-0.25, -0.2) is 31.8 Å². The van der Waals surface area contributed by atoms with Crippen LogP contribution < -0.4 is 0 Å². The van der Waals surface area contributed by atoms with Crippen molar-refractivity contribution in [2.45, 2.75) is 18.0 Å². The number of benzene rings is 2. The van der Waals surface area contributed by atoms with Crippen LogP contribution in [0.25, 0.3) is 0 Å². The second-order valence-electron chi connectivity index (χ2n) is 5.79. The normalized spacial score (nSPS) is 11.0. The van der Waals surface area contributed by atoms with Crippen LogP contribution in [-0.4, -0.2) is 20.6 Å². The molecule has 3 rings (SSSR count). The highest BCUT2D eigenvalue weighted by molar-refractivity contribution is 7.97. The van der Waals surface area contributed by atoms with Crippen LogP contribution in [-0.2, 0) is 13.1 Å². The molecule has 0 unspecified atom stereocenters. The molecular formula is C19H13F4N3OS. The topological polar surface area (TPSA) is 46.1 Å². The molecule has 0 aliphatic rings. The van der Waals surface area contributed by atoms with Gasteiger partial charge in [0.15, 0.2) is 23.3 Å². The molecule has 0 aliphatic carbocycles. The minimum atomic E-state index is -1.86. The zero-order valence-corrected chi connectivity index (χ0v) is 15.1. The van der Waals surface area contributed by atoms with E-state index in [0.717, 1.165) is 17.5 Å². The Balaban J connectivity index is 1.88. The summed E-state index contributed by atoms with van der Waals surface area (Å²) in [5.74, 6) is -6.65. The van der Waals surface area contributed by atoms with E-state index >= 15 is 0 Å². The Kier molecular flexibility index (Phi) is 6.37. The predicted octanol–water partition coefficient (Wildman–Crippen LogP) is 4.56. The van der Waals surface area contributed by atoms with Crippen molar-refractivity contribution in [3.8, 4) is 0 Å². The first kappa shape index (κ1) is 20.0. The van der Waals surface area contributed by atoms with Gasteiger partial charge in [0.2, 0.25) is 0 Å². The monoisotopic (exact) mass is 407 g/mol. The molecule has 0 bridgehead atoms. The maximum Gasteiger partial charge on any atom is 0.198 e. The van der Waals surface area contributed by atoms with Crippen LogP contribution >= 0.6 is 11.9 Å². The third-order valence-electron chi connectivity index (χ3n) is 3.74. The highest BCUT2D eigenvalue weighted by atomic mass is 32.2. The van der Waals surface area contributed by atoms with Gasteiger partial charge in [-0.2, -0.15) is 0 Å². The number of hydrogen-bond donors (Lipinski definition) is 0. The molecule has 0 radical (unpaired) electrons. The number of rotatable bonds is 7. The van der Waals surface area contributed by atoms with E-state index in [1.807, 2.05) is 0 Å². The lowest BCUT2D eigenvalue weighted by atomic mass is 10.1. The number of carbonyl (C=O) groups is 1. The van der Waals surface area contributed by atoms with Gasteiger partial charge in [0.05, 0.1) is 4.90 Å². The zero-order chi connectivity index (χ0) is 20.1. The van der Waals surface area contributed by atoms with E-state index in [0.29, 0.717) is 23.5 Å². The third kappa shape index (κ3) is 4.73. The van der Waals surface area contributed by atoms with Gasteiger partial charge >= 0.3 is 0 Å². The lowest BCUT2D eigenvalue weighted by molar-refractivity contribution is 0.112. The van der Waals surface area contributed by atoms with Crippen molar-refractivity contribution < 1.29 is 22.4 Å². The van der Waals surface area contributed by atoms with E-state index in [-0.39, 0.29) is 13.1 Å². The van der Waals surface area contributed by atoms with Gasteiger partial charge in [0.1, 0.15) is 12.6 Å². The standard InChI is InChI=1S/C19H13F4N3OS/c20-15-5-16(18(22)19(23)17(15)21)28-26(9-14-6-24-11-25-7-14)8-12-1-3-13(10-27)4-2-12/h1-7,10-11H,8-9H2. The molecule has 0 spiro atoms.